The van der Waals surface area contributed by atoms with Crippen LogP contribution in [-0.4, -0.2) is 13.1 Å². The number of likely N-dealkylation sites (N-methyl/N-ethyl adjacent to an activating group) is 1. The molecule has 0 spiro atoms. The van der Waals surface area contributed by atoms with Gasteiger partial charge in [-0.05, 0) is 49.1 Å². The molecule has 0 fully saturated rings. The maximum atomic E-state index is 13.7. The number of rotatable bonds is 6. The first-order valence-electron chi connectivity index (χ1n) is 7.32. The van der Waals surface area contributed by atoms with Crippen LogP contribution in [0.5, 0.6) is 0 Å². The number of hydrogen-bond donors (Lipinski definition) is 1. The summed E-state index contributed by atoms with van der Waals surface area (Å²) in [7, 11) is 1.85. The number of aryl methyl sites for hydroxylation is 1. The van der Waals surface area contributed by atoms with Crippen LogP contribution in [0.3, 0.4) is 0 Å². The van der Waals surface area contributed by atoms with Crippen molar-refractivity contribution in [1.29, 1.82) is 0 Å². The Kier molecular flexibility index (Phi) is 5.45. The minimum absolute atomic E-state index is 0.0776. The minimum atomic E-state index is -0.783. The number of hydrogen-bond acceptors (Lipinski definition) is 1. The molecule has 0 saturated carbocycles. The van der Waals surface area contributed by atoms with E-state index in [1.165, 1.54) is 11.1 Å². The van der Waals surface area contributed by atoms with Crippen LogP contribution < -0.4 is 5.32 Å². The fourth-order valence-electron chi connectivity index (χ4n) is 2.44. The van der Waals surface area contributed by atoms with Crippen LogP contribution in [0.4, 0.5) is 8.78 Å². The van der Waals surface area contributed by atoms with Gasteiger partial charge in [-0.3, -0.25) is 0 Å². The molecule has 1 unspecified atom stereocenters. The summed E-state index contributed by atoms with van der Waals surface area (Å²) < 4.78 is 27.0. The van der Waals surface area contributed by atoms with E-state index >= 15 is 0 Å². The summed E-state index contributed by atoms with van der Waals surface area (Å²) in [6.45, 7) is 2.12. The molecular weight excluding hydrogens is 268 g/mol. The Balaban J connectivity index is 2.07. The number of benzene rings is 2. The van der Waals surface area contributed by atoms with Crippen LogP contribution in [0, 0.1) is 11.6 Å². The summed E-state index contributed by atoms with van der Waals surface area (Å²) in [6.07, 6.45) is 2.27. The highest BCUT2D eigenvalue weighted by molar-refractivity contribution is 5.25. The van der Waals surface area contributed by atoms with Gasteiger partial charge in [-0.1, -0.05) is 43.3 Å². The molecule has 0 amide bonds. The van der Waals surface area contributed by atoms with Crippen molar-refractivity contribution in [3.8, 4) is 0 Å². The fourth-order valence-corrected chi connectivity index (χ4v) is 2.44. The Labute approximate surface area is 125 Å². The van der Waals surface area contributed by atoms with Gasteiger partial charge in [0, 0.05) is 6.04 Å². The van der Waals surface area contributed by atoms with E-state index in [2.05, 4.69) is 36.5 Å². The second-order valence-corrected chi connectivity index (χ2v) is 5.28. The molecule has 21 heavy (non-hydrogen) atoms. The molecule has 0 radical (unpaired) electrons. The predicted octanol–water partition coefficient (Wildman–Crippen LogP) is 3.90. The molecule has 0 saturated heterocycles. The van der Waals surface area contributed by atoms with Crippen LogP contribution in [0.1, 0.15) is 23.6 Å². The molecule has 0 aromatic heterocycles. The molecule has 0 aliphatic carbocycles. The summed E-state index contributed by atoms with van der Waals surface area (Å²) in [5.41, 5.74) is 2.92. The lowest BCUT2D eigenvalue weighted by Crippen LogP contribution is -2.30. The van der Waals surface area contributed by atoms with Crippen molar-refractivity contribution in [1.82, 2.24) is 5.32 Å². The summed E-state index contributed by atoms with van der Waals surface area (Å²) >= 11 is 0. The van der Waals surface area contributed by atoms with Gasteiger partial charge in [0.2, 0.25) is 0 Å². The molecule has 2 aromatic carbocycles. The van der Waals surface area contributed by atoms with E-state index in [0.717, 1.165) is 18.9 Å². The third-order valence-electron chi connectivity index (χ3n) is 3.82. The summed E-state index contributed by atoms with van der Waals surface area (Å²) in [6, 6.07) is 12.9. The Morgan fingerprint density at radius 3 is 2.24 bits per heavy atom. The van der Waals surface area contributed by atoms with Gasteiger partial charge in [0.1, 0.15) is 0 Å². The molecule has 0 heterocycles. The lowest BCUT2D eigenvalue weighted by Gasteiger charge is -2.17. The van der Waals surface area contributed by atoms with E-state index in [0.29, 0.717) is 12.0 Å². The topological polar surface area (TPSA) is 12.0 Å². The van der Waals surface area contributed by atoms with Gasteiger partial charge < -0.3 is 5.32 Å². The zero-order valence-corrected chi connectivity index (χ0v) is 12.5. The van der Waals surface area contributed by atoms with Gasteiger partial charge in [0.15, 0.2) is 11.6 Å². The monoisotopic (exact) mass is 289 g/mol. The van der Waals surface area contributed by atoms with Crippen molar-refractivity contribution in [2.45, 2.75) is 32.2 Å². The third kappa shape index (κ3) is 4.11. The zero-order valence-electron chi connectivity index (χ0n) is 12.5. The smallest absolute Gasteiger partial charge is 0.162 e. The molecule has 2 aromatic rings. The van der Waals surface area contributed by atoms with E-state index in [-0.39, 0.29) is 6.04 Å². The maximum Gasteiger partial charge on any atom is 0.162 e. The first kappa shape index (κ1) is 15.6. The van der Waals surface area contributed by atoms with Crippen LogP contribution in [0.2, 0.25) is 0 Å². The molecular formula is C18H21F2N. The van der Waals surface area contributed by atoms with E-state index in [1.54, 1.807) is 12.1 Å². The third-order valence-corrected chi connectivity index (χ3v) is 3.82. The lowest BCUT2D eigenvalue weighted by atomic mass is 9.98. The number of halogens is 2. The van der Waals surface area contributed by atoms with Gasteiger partial charge in [-0.15, -0.1) is 0 Å². The Hall–Kier alpha value is -1.74. The van der Waals surface area contributed by atoms with Crippen molar-refractivity contribution in [3.05, 3.63) is 70.8 Å². The van der Waals surface area contributed by atoms with Gasteiger partial charge in [-0.25, -0.2) is 8.78 Å². The molecule has 1 atom stereocenters. The van der Waals surface area contributed by atoms with Crippen molar-refractivity contribution < 1.29 is 8.78 Å². The number of nitrogens with one attached hydrogen (secondary N) is 1. The van der Waals surface area contributed by atoms with Gasteiger partial charge in [0.05, 0.1) is 0 Å². The zero-order chi connectivity index (χ0) is 15.2. The first-order chi connectivity index (χ1) is 10.1. The molecule has 1 nitrogen and oxygen atoms in total. The highest BCUT2D eigenvalue weighted by Crippen LogP contribution is 2.15. The van der Waals surface area contributed by atoms with Crippen molar-refractivity contribution >= 4 is 0 Å². The standard InChI is InChI=1S/C18H21F2N/c1-3-13-7-9-14(10-8-13)11-16(21-2)12-15-5-4-6-17(19)18(15)20/h4-10,16,21H,3,11-12H2,1-2H3. The molecule has 0 aliphatic rings. The Morgan fingerprint density at radius 2 is 1.62 bits per heavy atom. The molecule has 0 aliphatic heterocycles. The van der Waals surface area contributed by atoms with Crippen molar-refractivity contribution in [2.75, 3.05) is 7.05 Å². The molecule has 3 heteroatoms. The second kappa shape index (κ2) is 7.32. The maximum absolute atomic E-state index is 13.7. The fraction of sp³-hybridized carbons (Fsp3) is 0.333. The van der Waals surface area contributed by atoms with Gasteiger partial charge in [0.25, 0.3) is 0 Å². The highest BCUT2D eigenvalue weighted by Gasteiger charge is 2.13. The Bertz CT molecular complexity index is 578. The van der Waals surface area contributed by atoms with E-state index < -0.39 is 11.6 Å². The van der Waals surface area contributed by atoms with Crippen LogP contribution in [-0.2, 0) is 19.3 Å². The van der Waals surface area contributed by atoms with E-state index in [1.807, 2.05) is 7.05 Å². The van der Waals surface area contributed by atoms with Crippen LogP contribution >= 0.6 is 0 Å². The first-order valence-corrected chi connectivity index (χ1v) is 7.32. The summed E-state index contributed by atoms with van der Waals surface area (Å²) in [4.78, 5) is 0. The van der Waals surface area contributed by atoms with Gasteiger partial charge >= 0.3 is 0 Å². The van der Waals surface area contributed by atoms with Crippen LogP contribution in [0.15, 0.2) is 42.5 Å². The van der Waals surface area contributed by atoms with Crippen molar-refractivity contribution in [3.63, 3.8) is 0 Å². The SMILES string of the molecule is CCc1ccc(CC(Cc2cccc(F)c2F)NC)cc1. The minimum Gasteiger partial charge on any atom is -0.316 e. The quantitative estimate of drug-likeness (QED) is 0.850. The average Bonchev–Trinajstić information content (AvgIpc) is 2.51. The second-order valence-electron chi connectivity index (χ2n) is 5.28. The summed E-state index contributed by atoms with van der Waals surface area (Å²) in [5.74, 6) is -1.52. The van der Waals surface area contributed by atoms with Crippen LogP contribution in [0.25, 0.3) is 0 Å². The highest BCUT2D eigenvalue weighted by atomic mass is 19.2. The predicted molar refractivity (Wildman–Crippen MR) is 82.4 cm³/mol. The largest absolute Gasteiger partial charge is 0.316 e. The van der Waals surface area contributed by atoms with Gasteiger partial charge in [-0.2, -0.15) is 0 Å². The summed E-state index contributed by atoms with van der Waals surface area (Å²) in [5, 5.41) is 3.19. The lowest BCUT2D eigenvalue weighted by molar-refractivity contribution is 0.482. The molecule has 112 valence electrons. The molecule has 1 N–H and O–H groups in total. The van der Waals surface area contributed by atoms with E-state index in [9.17, 15) is 8.78 Å². The molecule has 2 rings (SSSR count). The normalized spacial score (nSPS) is 12.4. The van der Waals surface area contributed by atoms with Crippen molar-refractivity contribution in [2.24, 2.45) is 0 Å². The molecule has 0 bridgehead atoms. The Morgan fingerprint density at radius 1 is 0.952 bits per heavy atom. The van der Waals surface area contributed by atoms with E-state index in [4.69, 9.17) is 0 Å². The average molecular weight is 289 g/mol.